The highest BCUT2D eigenvalue weighted by molar-refractivity contribution is 7.99. The van der Waals surface area contributed by atoms with Gasteiger partial charge in [-0.2, -0.15) is 0 Å². The lowest BCUT2D eigenvalue weighted by Gasteiger charge is -2.06. The molecule has 0 aromatic carbocycles. The second kappa shape index (κ2) is 9.30. The normalized spacial score (nSPS) is 12.5. The predicted molar refractivity (Wildman–Crippen MR) is 58.5 cm³/mol. The van der Waals surface area contributed by atoms with Crippen LogP contribution in [0.15, 0.2) is 0 Å². The van der Waals surface area contributed by atoms with E-state index in [-0.39, 0.29) is 12.0 Å². The van der Waals surface area contributed by atoms with Crippen LogP contribution in [0, 0.1) is 0 Å². The number of aliphatic hydroxyl groups excluding tert-OH is 1. The average molecular weight is 221 g/mol. The lowest BCUT2D eigenvalue weighted by molar-refractivity contribution is -0.118. The molecule has 0 heterocycles. The second-order valence-corrected chi connectivity index (χ2v) is 4.14. The Morgan fingerprint density at radius 2 is 2.36 bits per heavy atom. The maximum Gasteiger partial charge on any atom is 0.229 e. The van der Waals surface area contributed by atoms with Gasteiger partial charge < -0.3 is 15.2 Å². The minimum atomic E-state index is -0.351. The number of aliphatic hydroxyl groups is 1. The maximum absolute atomic E-state index is 11.1. The molecule has 2 N–H and O–H groups in total. The van der Waals surface area contributed by atoms with Crippen LogP contribution in [0.3, 0.4) is 0 Å². The van der Waals surface area contributed by atoms with Crippen molar-refractivity contribution in [3.05, 3.63) is 0 Å². The molecule has 0 saturated heterocycles. The molecule has 0 aliphatic carbocycles. The fraction of sp³-hybridized carbons (Fsp3) is 0.889. The molecule has 1 unspecified atom stereocenters. The van der Waals surface area contributed by atoms with E-state index in [0.29, 0.717) is 25.3 Å². The number of amides is 1. The molecule has 0 aliphatic rings. The molecule has 0 rings (SSSR count). The molecule has 0 bridgehead atoms. The molecule has 0 aromatic rings. The van der Waals surface area contributed by atoms with Gasteiger partial charge in [-0.3, -0.25) is 4.79 Å². The quantitative estimate of drug-likeness (QED) is 0.577. The summed E-state index contributed by atoms with van der Waals surface area (Å²) in [6, 6.07) is 0. The van der Waals surface area contributed by atoms with Crippen LogP contribution in [-0.2, 0) is 9.53 Å². The standard InChI is InChI=1S/C9H19NO3S/c1-8(11)3-4-10-9(12)7-14-6-5-13-2/h8,11H,3-7H2,1-2H3,(H,10,12). The number of thioether (sulfide) groups is 1. The minimum Gasteiger partial charge on any atom is -0.393 e. The van der Waals surface area contributed by atoms with E-state index in [1.54, 1.807) is 25.8 Å². The summed E-state index contributed by atoms with van der Waals surface area (Å²) < 4.78 is 4.85. The van der Waals surface area contributed by atoms with Gasteiger partial charge in [0.25, 0.3) is 0 Å². The van der Waals surface area contributed by atoms with Gasteiger partial charge in [0.2, 0.25) is 5.91 Å². The van der Waals surface area contributed by atoms with Crippen molar-refractivity contribution in [2.75, 3.05) is 31.8 Å². The Balaban J connectivity index is 3.20. The number of hydrogen-bond acceptors (Lipinski definition) is 4. The van der Waals surface area contributed by atoms with Gasteiger partial charge in [0.05, 0.1) is 18.5 Å². The van der Waals surface area contributed by atoms with Crippen molar-refractivity contribution in [2.24, 2.45) is 0 Å². The Morgan fingerprint density at radius 3 is 2.93 bits per heavy atom. The lowest BCUT2D eigenvalue weighted by atomic mass is 10.3. The van der Waals surface area contributed by atoms with Crippen LogP contribution in [-0.4, -0.2) is 48.9 Å². The highest BCUT2D eigenvalue weighted by atomic mass is 32.2. The second-order valence-electron chi connectivity index (χ2n) is 3.03. The van der Waals surface area contributed by atoms with Crippen LogP contribution >= 0.6 is 11.8 Å². The van der Waals surface area contributed by atoms with Gasteiger partial charge in [-0.15, -0.1) is 11.8 Å². The fourth-order valence-electron chi connectivity index (χ4n) is 0.779. The third-order valence-electron chi connectivity index (χ3n) is 1.55. The van der Waals surface area contributed by atoms with Gasteiger partial charge in [-0.25, -0.2) is 0 Å². The zero-order valence-corrected chi connectivity index (χ0v) is 9.60. The molecule has 0 radical (unpaired) electrons. The van der Waals surface area contributed by atoms with Crippen molar-refractivity contribution >= 4 is 17.7 Å². The first-order valence-electron chi connectivity index (χ1n) is 4.68. The number of rotatable bonds is 8. The van der Waals surface area contributed by atoms with Crippen LogP contribution < -0.4 is 5.32 Å². The lowest BCUT2D eigenvalue weighted by Crippen LogP contribution is -2.28. The van der Waals surface area contributed by atoms with Crippen molar-refractivity contribution in [2.45, 2.75) is 19.4 Å². The van der Waals surface area contributed by atoms with E-state index in [2.05, 4.69) is 5.32 Å². The van der Waals surface area contributed by atoms with E-state index in [1.165, 1.54) is 0 Å². The van der Waals surface area contributed by atoms with Gasteiger partial charge in [-0.05, 0) is 13.3 Å². The van der Waals surface area contributed by atoms with Crippen molar-refractivity contribution in [1.29, 1.82) is 0 Å². The number of hydrogen-bond donors (Lipinski definition) is 2. The van der Waals surface area contributed by atoms with Crippen LogP contribution in [0.5, 0.6) is 0 Å². The van der Waals surface area contributed by atoms with Crippen LogP contribution in [0.2, 0.25) is 0 Å². The fourth-order valence-corrected chi connectivity index (χ4v) is 1.49. The van der Waals surface area contributed by atoms with E-state index in [0.717, 1.165) is 5.75 Å². The first kappa shape index (κ1) is 13.7. The SMILES string of the molecule is COCCSCC(=O)NCCC(C)O. The molecule has 0 aliphatic heterocycles. The van der Waals surface area contributed by atoms with Crippen LogP contribution in [0.25, 0.3) is 0 Å². The van der Waals surface area contributed by atoms with Gasteiger partial charge in [0.1, 0.15) is 0 Å². The van der Waals surface area contributed by atoms with E-state index < -0.39 is 0 Å². The summed E-state index contributed by atoms with van der Waals surface area (Å²) in [4.78, 5) is 11.1. The zero-order valence-electron chi connectivity index (χ0n) is 8.78. The Kier molecular flexibility index (Phi) is 9.13. The smallest absolute Gasteiger partial charge is 0.229 e. The maximum atomic E-state index is 11.1. The Bertz CT molecular complexity index is 153. The molecule has 1 atom stereocenters. The van der Waals surface area contributed by atoms with Crippen LogP contribution in [0.1, 0.15) is 13.3 Å². The van der Waals surface area contributed by atoms with E-state index >= 15 is 0 Å². The predicted octanol–water partition coefficient (Wildman–Crippen LogP) is 0.253. The molecule has 0 saturated carbocycles. The first-order chi connectivity index (χ1) is 6.66. The Morgan fingerprint density at radius 1 is 1.64 bits per heavy atom. The van der Waals surface area contributed by atoms with E-state index in [1.807, 2.05) is 0 Å². The molecule has 1 amide bonds. The van der Waals surface area contributed by atoms with Gasteiger partial charge in [0.15, 0.2) is 0 Å². The van der Waals surface area contributed by atoms with Gasteiger partial charge in [-0.1, -0.05) is 0 Å². The molecule has 14 heavy (non-hydrogen) atoms. The summed E-state index contributed by atoms with van der Waals surface area (Å²) in [5.41, 5.74) is 0. The molecular formula is C9H19NO3S. The number of carbonyl (C=O) groups is 1. The van der Waals surface area contributed by atoms with Gasteiger partial charge >= 0.3 is 0 Å². The molecule has 0 spiro atoms. The summed E-state index contributed by atoms with van der Waals surface area (Å²) in [5.74, 6) is 1.32. The summed E-state index contributed by atoms with van der Waals surface area (Å²) >= 11 is 1.55. The molecule has 4 nitrogen and oxygen atoms in total. The minimum absolute atomic E-state index is 0.0201. The van der Waals surface area contributed by atoms with Crippen molar-refractivity contribution in [1.82, 2.24) is 5.32 Å². The molecule has 0 aromatic heterocycles. The number of carbonyl (C=O) groups excluding carboxylic acids is 1. The van der Waals surface area contributed by atoms with Crippen molar-refractivity contribution < 1.29 is 14.6 Å². The van der Waals surface area contributed by atoms with Gasteiger partial charge in [0, 0.05) is 19.4 Å². The summed E-state index contributed by atoms with van der Waals surface area (Å²) in [7, 11) is 1.64. The number of methoxy groups -OCH3 is 1. The monoisotopic (exact) mass is 221 g/mol. The summed E-state index contributed by atoms with van der Waals surface area (Å²) in [6.45, 7) is 2.92. The molecule has 0 fully saturated rings. The van der Waals surface area contributed by atoms with E-state index in [9.17, 15) is 4.79 Å². The number of ether oxygens (including phenoxy) is 1. The van der Waals surface area contributed by atoms with Crippen molar-refractivity contribution in [3.8, 4) is 0 Å². The van der Waals surface area contributed by atoms with Crippen molar-refractivity contribution in [3.63, 3.8) is 0 Å². The molecule has 5 heteroatoms. The largest absolute Gasteiger partial charge is 0.393 e. The Hall–Kier alpha value is -0.260. The number of nitrogens with one attached hydrogen (secondary N) is 1. The zero-order chi connectivity index (χ0) is 10.8. The Labute approximate surface area is 89.4 Å². The highest BCUT2D eigenvalue weighted by Crippen LogP contribution is 1.98. The first-order valence-corrected chi connectivity index (χ1v) is 5.83. The third kappa shape index (κ3) is 9.83. The average Bonchev–Trinajstić information content (AvgIpc) is 2.12. The summed E-state index contributed by atoms with van der Waals surface area (Å²) in [5, 5.41) is 11.7. The molecular weight excluding hydrogens is 202 g/mol. The summed E-state index contributed by atoms with van der Waals surface area (Å²) in [6.07, 6.45) is 0.255. The van der Waals surface area contributed by atoms with Crippen LogP contribution in [0.4, 0.5) is 0 Å². The molecule has 84 valence electrons. The topological polar surface area (TPSA) is 58.6 Å². The highest BCUT2D eigenvalue weighted by Gasteiger charge is 2.01. The third-order valence-corrected chi connectivity index (χ3v) is 2.47. The van der Waals surface area contributed by atoms with E-state index in [4.69, 9.17) is 9.84 Å².